The predicted octanol–water partition coefficient (Wildman–Crippen LogP) is 2.61. The van der Waals surface area contributed by atoms with Crippen molar-refractivity contribution in [3.63, 3.8) is 0 Å². The first-order valence-electron chi connectivity index (χ1n) is 7.40. The third-order valence-corrected chi connectivity index (χ3v) is 3.73. The molecule has 0 bridgehead atoms. The lowest BCUT2D eigenvalue weighted by Crippen LogP contribution is -2.16. The summed E-state index contributed by atoms with van der Waals surface area (Å²) in [5, 5.41) is 0. The molecule has 5 heteroatoms. The van der Waals surface area contributed by atoms with Crippen molar-refractivity contribution in [3.8, 4) is 5.75 Å². The second-order valence-corrected chi connectivity index (χ2v) is 5.22. The van der Waals surface area contributed by atoms with Crippen LogP contribution in [0.4, 0.5) is 5.82 Å². The minimum absolute atomic E-state index is 0.353. The molecule has 0 saturated heterocycles. The lowest BCUT2D eigenvalue weighted by Gasteiger charge is -2.13. The summed E-state index contributed by atoms with van der Waals surface area (Å²) < 4.78 is 5.72. The number of aromatic nitrogens is 2. The smallest absolute Gasteiger partial charge is 0.168 e. The molecule has 110 valence electrons. The van der Waals surface area contributed by atoms with Crippen LogP contribution in [0.15, 0.2) is 30.3 Å². The SMILES string of the molecule is NNc1nc(COc2ccccc2)nc2c1CCCCC2. The second kappa shape index (κ2) is 6.54. The van der Waals surface area contributed by atoms with Gasteiger partial charge in [-0.05, 0) is 37.8 Å². The van der Waals surface area contributed by atoms with Gasteiger partial charge < -0.3 is 10.2 Å². The van der Waals surface area contributed by atoms with Gasteiger partial charge in [-0.2, -0.15) is 0 Å². The number of nitrogens with one attached hydrogen (secondary N) is 1. The third kappa shape index (κ3) is 3.31. The van der Waals surface area contributed by atoms with Crippen LogP contribution >= 0.6 is 0 Å². The van der Waals surface area contributed by atoms with Gasteiger partial charge in [-0.15, -0.1) is 0 Å². The Hall–Kier alpha value is -2.14. The van der Waals surface area contributed by atoms with Gasteiger partial charge in [0.1, 0.15) is 18.2 Å². The van der Waals surface area contributed by atoms with E-state index >= 15 is 0 Å². The van der Waals surface area contributed by atoms with Crippen LogP contribution in [0.3, 0.4) is 0 Å². The summed E-state index contributed by atoms with van der Waals surface area (Å²) >= 11 is 0. The number of anilines is 1. The molecule has 1 heterocycles. The zero-order chi connectivity index (χ0) is 14.5. The summed E-state index contributed by atoms with van der Waals surface area (Å²) in [4.78, 5) is 9.15. The van der Waals surface area contributed by atoms with E-state index in [9.17, 15) is 0 Å². The van der Waals surface area contributed by atoms with E-state index in [2.05, 4.69) is 15.4 Å². The van der Waals surface area contributed by atoms with Crippen LogP contribution in [-0.4, -0.2) is 9.97 Å². The zero-order valence-electron chi connectivity index (χ0n) is 12.0. The fraction of sp³-hybridized carbons (Fsp3) is 0.375. The minimum atomic E-state index is 0.353. The number of para-hydroxylation sites is 1. The number of nitrogens with two attached hydrogens (primary N) is 1. The number of ether oxygens (including phenoxy) is 1. The largest absolute Gasteiger partial charge is 0.486 e. The van der Waals surface area contributed by atoms with Crippen molar-refractivity contribution in [1.29, 1.82) is 0 Å². The molecule has 0 spiro atoms. The summed E-state index contributed by atoms with van der Waals surface area (Å²) in [5.41, 5.74) is 4.99. The van der Waals surface area contributed by atoms with Crippen LogP contribution in [-0.2, 0) is 19.4 Å². The van der Waals surface area contributed by atoms with Gasteiger partial charge in [0.25, 0.3) is 0 Å². The number of hydrazine groups is 1. The van der Waals surface area contributed by atoms with Gasteiger partial charge in [-0.25, -0.2) is 15.8 Å². The van der Waals surface area contributed by atoms with Gasteiger partial charge in [0.2, 0.25) is 0 Å². The summed E-state index contributed by atoms with van der Waals surface area (Å²) in [6.07, 6.45) is 5.56. The molecular weight excluding hydrogens is 264 g/mol. The van der Waals surface area contributed by atoms with Gasteiger partial charge in [0, 0.05) is 11.3 Å². The number of rotatable bonds is 4. The number of nitrogen functional groups attached to an aromatic ring is 1. The highest BCUT2D eigenvalue weighted by Crippen LogP contribution is 2.24. The van der Waals surface area contributed by atoms with E-state index in [0.717, 1.165) is 30.1 Å². The first-order valence-corrected chi connectivity index (χ1v) is 7.40. The highest BCUT2D eigenvalue weighted by molar-refractivity contribution is 5.46. The van der Waals surface area contributed by atoms with Crippen molar-refractivity contribution in [1.82, 2.24) is 9.97 Å². The fourth-order valence-corrected chi connectivity index (χ4v) is 2.67. The van der Waals surface area contributed by atoms with Crippen LogP contribution in [0, 0.1) is 0 Å². The fourth-order valence-electron chi connectivity index (χ4n) is 2.67. The molecule has 3 N–H and O–H groups in total. The molecule has 5 nitrogen and oxygen atoms in total. The van der Waals surface area contributed by atoms with Crippen molar-refractivity contribution in [2.75, 3.05) is 5.43 Å². The standard InChI is InChI=1S/C16H20N4O/c17-20-16-13-9-5-2-6-10-14(13)18-15(19-16)11-21-12-7-3-1-4-8-12/h1,3-4,7-8H,2,5-6,9-11,17H2,(H,18,19,20). The molecule has 1 aromatic heterocycles. The number of fused-ring (bicyclic) bond motifs is 1. The molecule has 0 unspecified atom stereocenters. The van der Waals surface area contributed by atoms with Crippen molar-refractivity contribution in [2.45, 2.75) is 38.7 Å². The highest BCUT2D eigenvalue weighted by Gasteiger charge is 2.16. The Labute approximate surface area is 124 Å². The van der Waals surface area contributed by atoms with E-state index in [1.807, 2.05) is 30.3 Å². The van der Waals surface area contributed by atoms with Crippen LogP contribution in [0.2, 0.25) is 0 Å². The first-order chi connectivity index (χ1) is 10.4. The Morgan fingerprint density at radius 1 is 1.05 bits per heavy atom. The average Bonchev–Trinajstić information content (AvgIpc) is 2.78. The molecule has 0 atom stereocenters. The predicted molar refractivity (Wildman–Crippen MR) is 81.9 cm³/mol. The number of hydrogen-bond donors (Lipinski definition) is 2. The van der Waals surface area contributed by atoms with Crippen LogP contribution in [0.25, 0.3) is 0 Å². The van der Waals surface area contributed by atoms with Crippen molar-refractivity contribution in [2.24, 2.45) is 5.84 Å². The molecule has 0 amide bonds. The first kappa shape index (κ1) is 13.8. The maximum atomic E-state index is 5.72. The van der Waals surface area contributed by atoms with Crippen LogP contribution in [0.5, 0.6) is 5.75 Å². The van der Waals surface area contributed by atoms with Gasteiger partial charge >= 0.3 is 0 Å². The molecule has 3 rings (SSSR count). The summed E-state index contributed by atoms with van der Waals surface area (Å²) in [6, 6.07) is 9.69. The number of nitrogens with zero attached hydrogens (tertiary/aromatic N) is 2. The summed E-state index contributed by atoms with van der Waals surface area (Å²) in [5.74, 6) is 7.86. The Kier molecular flexibility index (Phi) is 4.31. The molecule has 0 radical (unpaired) electrons. The third-order valence-electron chi connectivity index (χ3n) is 3.73. The Bertz CT molecular complexity index is 601. The van der Waals surface area contributed by atoms with Gasteiger partial charge in [0.05, 0.1) is 0 Å². The molecule has 1 aromatic carbocycles. The summed E-state index contributed by atoms with van der Waals surface area (Å²) in [7, 11) is 0. The molecule has 0 saturated carbocycles. The van der Waals surface area contributed by atoms with E-state index in [1.54, 1.807) is 0 Å². The molecule has 0 aliphatic heterocycles. The van der Waals surface area contributed by atoms with Crippen LogP contribution < -0.4 is 16.0 Å². The maximum absolute atomic E-state index is 5.72. The molecule has 1 aliphatic rings. The molecule has 21 heavy (non-hydrogen) atoms. The Morgan fingerprint density at radius 2 is 1.86 bits per heavy atom. The van der Waals surface area contributed by atoms with Crippen molar-refractivity contribution < 1.29 is 4.74 Å². The topological polar surface area (TPSA) is 73.1 Å². The van der Waals surface area contributed by atoms with E-state index in [-0.39, 0.29) is 0 Å². The van der Waals surface area contributed by atoms with E-state index in [4.69, 9.17) is 10.6 Å². The quantitative estimate of drug-likeness (QED) is 0.513. The maximum Gasteiger partial charge on any atom is 0.168 e. The number of benzene rings is 1. The lowest BCUT2D eigenvalue weighted by molar-refractivity contribution is 0.295. The van der Waals surface area contributed by atoms with Gasteiger partial charge in [0.15, 0.2) is 5.82 Å². The van der Waals surface area contributed by atoms with Crippen LogP contribution in [0.1, 0.15) is 36.3 Å². The normalized spacial score (nSPS) is 14.1. The average molecular weight is 284 g/mol. The lowest BCUT2D eigenvalue weighted by atomic mass is 10.1. The van der Waals surface area contributed by atoms with E-state index < -0.39 is 0 Å². The second-order valence-electron chi connectivity index (χ2n) is 5.22. The molecular formula is C16H20N4O. The van der Waals surface area contributed by atoms with Crippen molar-refractivity contribution >= 4 is 5.82 Å². The van der Waals surface area contributed by atoms with Gasteiger partial charge in [-0.3, -0.25) is 0 Å². The van der Waals surface area contributed by atoms with E-state index in [0.29, 0.717) is 12.4 Å². The van der Waals surface area contributed by atoms with E-state index in [1.165, 1.54) is 24.8 Å². The summed E-state index contributed by atoms with van der Waals surface area (Å²) in [6.45, 7) is 0.353. The highest BCUT2D eigenvalue weighted by atomic mass is 16.5. The number of hydrogen-bond acceptors (Lipinski definition) is 5. The molecule has 1 aliphatic carbocycles. The number of aryl methyl sites for hydroxylation is 1. The molecule has 0 fully saturated rings. The zero-order valence-corrected chi connectivity index (χ0v) is 12.0. The monoisotopic (exact) mass is 284 g/mol. The Balaban J connectivity index is 1.81. The Morgan fingerprint density at radius 3 is 2.67 bits per heavy atom. The minimum Gasteiger partial charge on any atom is -0.486 e. The molecule has 2 aromatic rings. The van der Waals surface area contributed by atoms with Crippen molar-refractivity contribution in [3.05, 3.63) is 47.4 Å². The van der Waals surface area contributed by atoms with Gasteiger partial charge in [-0.1, -0.05) is 24.6 Å².